The average Bonchev–Trinajstić information content (AvgIpc) is 3.11. The molecule has 0 amide bonds. The van der Waals surface area contributed by atoms with Crippen molar-refractivity contribution < 1.29 is 37.3 Å². The second kappa shape index (κ2) is 37.1. The number of likely N-dealkylation sites (N-methyl/N-ethyl adjacent to an activating group) is 1. The first kappa shape index (κ1) is 51.2. The summed E-state index contributed by atoms with van der Waals surface area (Å²) in [5, 5.41) is 0. The molecule has 0 aliphatic heterocycles. The van der Waals surface area contributed by atoms with Crippen molar-refractivity contribution >= 4 is 13.8 Å². The van der Waals surface area contributed by atoms with Crippen LogP contribution in [0.4, 0.5) is 0 Å². The van der Waals surface area contributed by atoms with Gasteiger partial charge >= 0.3 is 13.8 Å². The molecular formula is C44H81NO7P+. The number of carbonyl (C=O) groups is 1. The molecule has 0 heterocycles. The Bertz CT molecular complexity index is 1030. The van der Waals surface area contributed by atoms with Crippen LogP contribution in [-0.4, -0.2) is 75.6 Å². The number of esters is 1. The summed E-state index contributed by atoms with van der Waals surface area (Å²) in [6, 6.07) is 0. The number of quaternary nitrogens is 1. The maximum absolute atomic E-state index is 12.6. The van der Waals surface area contributed by atoms with Crippen LogP contribution in [0.2, 0.25) is 0 Å². The second-order valence-corrected chi connectivity index (χ2v) is 16.4. The molecule has 0 rings (SSSR count). The fourth-order valence-corrected chi connectivity index (χ4v) is 6.09. The molecule has 0 bridgehead atoms. The fraction of sp³-hybridized carbons (Fsp3) is 0.750. The molecule has 0 saturated heterocycles. The smallest absolute Gasteiger partial charge is 0.457 e. The van der Waals surface area contributed by atoms with Crippen LogP contribution in [0.15, 0.2) is 60.8 Å². The van der Waals surface area contributed by atoms with Gasteiger partial charge in [0.1, 0.15) is 19.3 Å². The molecule has 53 heavy (non-hydrogen) atoms. The van der Waals surface area contributed by atoms with Gasteiger partial charge in [0.25, 0.3) is 0 Å². The Hall–Kier alpha value is -1.80. The molecule has 8 nitrogen and oxygen atoms in total. The van der Waals surface area contributed by atoms with Crippen LogP contribution >= 0.6 is 7.82 Å². The topological polar surface area (TPSA) is 91.3 Å². The lowest BCUT2D eigenvalue weighted by atomic mass is 10.0. The highest BCUT2D eigenvalue weighted by Crippen LogP contribution is 2.43. The molecule has 0 fully saturated rings. The van der Waals surface area contributed by atoms with Crippen molar-refractivity contribution in [3.8, 4) is 0 Å². The Kier molecular flexibility index (Phi) is 35.9. The van der Waals surface area contributed by atoms with Crippen molar-refractivity contribution in [3.05, 3.63) is 60.8 Å². The summed E-state index contributed by atoms with van der Waals surface area (Å²) < 4.78 is 34.9. The van der Waals surface area contributed by atoms with Gasteiger partial charge < -0.3 is 18.9 Å². The van der Waals surface area contributed by atoms with Gasteiger partial charge in [0.05, 0.1) is 34.4 Å². The van der Waals surface area contributed by atoms with Crippen LogP contribution in [0.3, 0.4) is 0 Å². The largest absolute Gasteiger partial charge is 0.472 e. The zero-order chi connectivity index (χ0) is 39.1. The Morgan fingerprint density at radius 2 is 1.08 bits per heavy atom. The summed E-state index contributed by atoms with van der Waals surface area (Å²) in [6.07, 6.45) is 45.4. The van der Waals surface area contributed by atoms with Crippen LogP contribution in [0.5, 0.6) is 0 Å². The van der Waals surface area contributed by atoms with Crippen LogP contribution in [-0.2, 0) is 27.9 Å². The van der Waals surface area contributed by atoms with Crippen molar-refractivity contribution in [1.29, 1.82) is 0 Å². The lowest BCUT2D eigenvalue weighted by Gasteiger charge is -2.24. The number of phosphoric acid groups is 1. The third kappa shape index (κ3) is 41.2. The van der Waals surface area contributed by atoms with Gasteiger partial charge in [-0.15, -0.1) is 0 Å². The summed E-state index contributed by atoms with van der Waals surface area (Å²) in [5.74, 6) is -0.371. The Morgan fingerprint density at radius 1 is 0.604 bits per heavy atom. The fourth-order valence-electron chi connectivity index (χ4n) is 5.35. The Labute approximate surface area is 326 Å². The van der Waals surface area contributed by atoms with Crippen molar-refractivity contribution in [2.24, 2.45) is 0 Å². The molecule has 0 aliphatic carbocycles. The van der Waals surface area contributed by atoms with E-state index in [2.05, 4.69) is 74.6 Å². The molecule has 0 aromatic heterocycles. The van der Waals surface area contributed by atoms with E-state index in [0.29, 0.717) is 24.1 Å². The predicted octanol–water partition coefficient (Wildman–Crippen LogP) is 12.2. The summed E-state index contributed by atoms with van der Waals surface area (Å²) in [7, 11) is 1.63. The van der Waals surface area contributed by atoms with E-state index < -0.39 is 13.9 Å². The predicted molar refractivity (Wildman–Crippen MR) is 224 cm³/mol. The minimum absolute atomic E-state index is 0.0765. The molecule has 9 heteroatoms. The quantitative estimate of drug-likeness (QED) is 0.0220. The molecule has 2 unspecified atom stereocenters. The maximum atomic E-state index is 12.6. The van der Waals surface area contributed by atoms with Crippen LogP contribution in [0, 0.1) is 0 Å². The number of unbranched alkanes of at least 4 members (excludes halogenated alkanes) is 14. The van der Waals surface area contributed by atoms with E-state index >= 15 is 0 Å². The van der Waals surface area contributed by atoms with Crippen molar-refractivity contribution in [2.75, 3.05) is 54.1 Å². The number of phosphoric ester groups is 1. The first-order valence-electron chi connectivity index (χ1n) is 21.0. The molecule has 0 spiro atoms. The molecule has 0 aromatic carbocycles. The Morgan fingerprint density at radius 3 is 1.57 bits per heavy atom. The molecule has 0 radical (unpaired) electrons. The number of hydrogen-bond acceptors (Lipinski definition) is 6. The summed E-state index contributed by atoms with van der Waals surface area (Å²) in [4.78, 5) is 22.8. The van der Waals surface area contributed by atoms with E-state index in [1.165, 1.54) is 77.0 Å². The van der Waals surface area contributed by atoms with Gasteiger partial charge in [0.15, 0.2) is 0 Å². The number of nitrogens with zero attached hydrogens (tertiary/aromatic N) is 1. The number of allylic oxidation sites excluding steroid dienone is 10. The van der Waals surface area contributed by atoms with Gasteiger partial charge in [-0.2, -0.15) is 0 Å². The van der Waals surface area contributed by atoms with E-state index in [1.54, 1.807) is 0 Å². The normalized spacial score (nSPS) is 14.5. The third-order valence-corrected chi connectivity index (χ3v) is 9.58. The lowest BCUT2D eigenvalue weighted by Crippen LogP contribution is -2.37. The average molecular weight is 767 g/mol. The standard InChI is InChI=1S/C44H80NO7P/c1-6-8-10-12-14-16-18-20-22-23-24-25-27-29-31-33-35-37-44(46)52-43(42-51-53(47,48)50-40-38-45(3,4)5)41-49-39-36-34-32-30-28-26-21-19-17-15-13-11-9-7-2/h8,10,14,16,20,22,24-25,29,31,43H,6-7,9,11-13,15,17-19,21,23,26-28,30,32-42H2,1-5H3/p+1. The monoisotopic (exact) mass is 767 g/mol. The first-order valence-corrected chi connectivity index (χ1v) is 22.5. The van der Waals surface area contributed by atoms with E-state index in [9.17, 15) is 14.3 Å². The minimum atomic E-state index is -4.29. The molecule has 1 N–H and O–H groups in total. The lowest BCUT2D eigenvalue weighted by molar-refractivity contribution is -0.870. The van der Waals surface area contributed by atoms with E-state index in [1.807, 2.05) is 21.1 Å². The first-order chi connectivity index (χ1) is 25.6. The number of carbonyl (C=O) groups excluding carboxylic acids is 1. The highest BCUT2D eigenvalue weighted by molar-refractivity contribution is 7.47. The molecular weight excluding hydrogens is 685 g/mol. The SMILES string of the molecule is CCC=CCC=CCC=CCC=CCC=CCCCC(=O)OC(COCCCCCCCCCCCCCCCC)COP(=O)(O)OCC[N+](C)(C)C. The van der Waals surface area contributed by atoms with Gasteiger partial charge in [0.2, 0.25) is 0 Å². The van der Waals surface area contributed by atoms with Gasteiger partial charge in [0, 0.05) is 13.0 Å². The summed E-state index contributed by atoms with van der Waals surface area (Å²) in [6.45, 7) is 5.43. The molecule has 0 aromatic rings. The zero-order valence-corrected chi connectivity index (χ0v) is 35.6. The van der Waals surface area contributed by atoms with Crippen LogP contribution in [0.25, 0.3) is 0 Å². The van der Waals surface area contributed by atoms with Gasteiger partial charge in [-0.1, -0.05) is 158 Å². The minimum Gasteiger partial charge on any atom is -0.457 e. The molecule has 0 aliphatic rings. The summed E-state index contributed by atoms with van der Waals surface area (Å²) >= 11 is 0. The summed E-state index contributed by atoms with van der Waals surface area (Å²) in [5.41, 5.74) is 0. The zero-order valence-electron chi connectivity index (χ0n) is 34.7. The van der Waals surface area contributed by atoms with Crippen molar-refractivity contribution in [2.45, 2.75) is 161 Å². The Balaban J connectivity index is 4.37. The highest BCUT2D eigenvalue weighted by atomic mass is 31.2. The molecule has 2 atom stereocenters. The van der Waals surface area contributed by atoms with E-state index in [4.69, 9.17) is 18.5 Å². The molecule has 0 saturated carbocycles. The number of hydrogen-bond donors (Lipinski definition) is 1. The van der Waals surface area contributed by atoms with Gasteiger partial charge in [-0.05, 0) is 51.4 Å². The van der Waals surface area contributed by atoms with E-state index in [-0.39, 0.29) is 32.2 Å². The van der Waals surface area contributed by atoms with Gasteiger partial charge in [-0.3, -0.25) is 13.8 Å². The van der Waals surface area contributed by atoms with Crippen molar-refractivity contribution in [1.82, 2.24) is 0 Å². The second-order valence-electron chi connectivity index (χ2n) is 15.0. The maximum Gasteiger partial charge on any atom is 0.472 e. The number of ether oxygens (including phenoxy) is 2. The van der Waals surface area contributed by atoms with Gasteiger partial charge in [-0.25, -0.2) is 4.57 Å². The third-order valence-electron chi connectivity index (χ3n) is 8.59. The van der Waals surface area contributed by atoms with E-state index in [0.717, 1.165) is 51.4 Å². The molecule has 308 valence electrons. The van der Waals surface area contributed by atoms with Crippen LogP contribution in [0.1, 0.15) is 155 Å². The van der Waals surface area contributed by atoms with Crippen LogP contribution < -0.4 is 0 Å². The van der Waals surface area contributed by atoms with Crippen molar-refractivity contribution in [3.63, 3.8) is 0 Å². The highest BCUT2D eigenvalue weighted by Gasteiger charge is 2.26. The number of rotatable bonds is 38.